The predicted molar refractivity (Wildman–Crippen MR) is 82.2 cm³/mol. The second kappa shape index (κ2) is 5.40. The van der Waals surface area contributed by atoms with Gasteiger partial charge in [-0.15, -0.1) is 10.2 Å². The lowest BCUT2D eigenvalue weighted by Crippen LogP contribution is -1.99. The van der Waals surface area contributed by atoms with Gasteiger partial charge in [-0.2, -0.15) is 0 Å². The molecule has 6 nitrogen and oxygen atoms in total. The Labute approximate surface area is 126 Å². The van der Waals surface area contributed by atoms with Gasteiger partial charge in [0, 0.05) is 6.20 Å². The molecule has 0 bridgehead atoms. The predicted octanol–water partition coefficient (Wildman–Crippen LogP) is 4.06. The molecule has 2 aromatic heterocycles. The number of hydrogen-bond acceptors (Lipinski definition) is 4. The molecule has 0 fully saturated rings. The number of rotatable bonds is 3. The summed E-state index contributed by atoms with van der Waals surface area (Å²) in [7, 11) is 0. The normalized spacial score (nSPS) is 11.4. The number of benzene rings is 1. The molecular formula is C16H14N4O2. The molecule has 6 heteroatoms. The third-order valence-corrected chi connectivity index (χ3v) is 3.32. The summed E-state index contributed by atoms with van der Waals surface area (Å²) in [4.78, 5) is 15.5. The van der Waals surface area contributed by atoms with E-state index in [1.165, 1.54) is 6.07 Å². The third kappa shape index (κ3) is 2.46. The maximum atomic E-state index is 11.2. The lowest BCUT2D eigenvalue weighted by Gasteiger charge is -1.99. The Balaban J connectivity index is 2.07. The molecule has 22 heavy (non-hydrogen) atoms. The molecule has 0 radical (unpaired) electrons. The van der Waals surface area contributed by atoms with E-state index in [1.54, 1.807) is 23.6 Å². The summed E-state index contributed by atoms with van der Waals surface area (Å²) in [6.45, 7) is 3.78. The van der Waals surface area contributed by atoms with Crippen molar-refractivity contribution in [1.29, 1.82) is 0 Å². The van der Waals surface area contributed by atoms with Gasteiger partial charge in [-0.05, 0) is 38.1 Å². The van der Waals surface area contributed by atoms with Crippen molar-refractivity contribution < 1.29 is 9.90 Å². The van der Waals surface area contributed by atoms with Gasteiger partial charge in [0.15, 0.2) is 11.5 Å². The summed E-state index contributed by atoms with van der Waals surface area (Å²) < 4.78 is 1.64. The molecule has 0 amide bonds. The number of nitrogens with zero attached hydrogens (tertiary/aromatic N) is 4. The molecule has 3 rings (SSSR count). The SMILES string of the molecule is Cc1ccc(N=Nc2c(C)nc3c(C(=O)O)cccn23)cc1. The number of imidazole rings is 1. The molecule has 110 valence electrons. The number of carboxylic acid groups (broad SMARTS) is 1. The van der Waals surface area contributed by atoms with Crippen LogP contribution in [0.25, 0.3) is 5.65 Å². The van der Waals surface area contributed by atoms with Crippen LogP contribution in [0.2, 0.25) is 0 Å². The van der Waals surface area contributed by atoms with Crippen LogP contribution in [0.15, 0.2) is 52.8 Å². The van der Waals surface area contributed by atoms with E-state index in [0.29, 0.717) is 17.2 Å². The Kier molecular flexibility index (Phi) is 3.42. The van der Waals surface area contributed by atoms with E-state index in [-0.39, 0.29) is 5.56 Å². The smallest absolute Gasteiger partial charge is 0.339 e. The van der Waals surface area contributed by atoms with E-state index >= 15 is 0 Å². The van der Waals surface area contributed by atoms with Gasteiger partial charge < -0.3 is 5.11 Å². The van der Waals surface area contributed by atoms with Gasteiger partial charge in [-0.1, -0.05) is 17.7 Å². The van der Waals surface area contributed by atoms with Gasteiger partial charge in [0.05, 0.1) is 11.4 Å². The van der Waals surface area contributed by atoms with Gasteiger partial charge >= 0.3 is 5.97 Å². The lowest BCUT2D eigenvalue weighted by atomic mass is 10.2. The Morgan fingerprint density at radius 3 is 2.55 bits per heavy atom. The molecule has 0 unspecified atom stereocenters. The molecule has 1 aromatic carbocycles. The first-order chi connectivity index (χ1) is 10.6. The Morgan fingerprint density at radius 2 is 1.86 bits per heavy atom. The highest BCUT2D eigenvalue weighted by molar-refractivity contribution is 5.94. The molecule has 1 N–H and O–H groups in total. The maximum absolute atomic E-state index is 11.2. The fourth-order valence-electron chi connectivity index (χ4n) is 2.17. The van der Waals surface area contributed by atoms with Gasteiger partial charge in [-0.3, -0.25) is 4.40 Å². The van der Waals surface area contributed by atoms with Gasteiger partial charge in [0.2, 0.25) is 0 Å². The number of carboxylic acids is 1. The zero-order valence-electron chi connectivity index (χ0n) is 12.2. The van der Waals surface area contributed by atoms with E-state index in [0.717, 1.165) is 11.3 Å². The number of carbonyl (C=O) groups is 1. The van der Waals surface area contributed by atoms with Gasteiger partial charge in [0.1, 0.15) is 5.56 Å². The van der Waals surface area contributed by atoms with Gasteiger partial charge in [-0.25, -0.2) is 9.78 Å². The van der Waals surface area contributed by atoms with Crippen molar-refractivity contribution in [3.8, 4) is 0 Å². The van der Waals surface area contributed by atoms with Crippen LogP contribution in [-0.2, 0) is 0 Å². The van der Waals surface area contributed by atoms with Gasteiger partial charge in [0.25, 0.3) is 0 Å². The van der Waals surface area contributed by atoms with Crippen molar-refractivity contribution >= 4 is 23.1 Å². The standard InChI is InChI=1S/C16H14N4O2/c1-10-5-7-12(8-6-10)18-19-14-11(2)17-15-13(16(21)22)4-3-9-20(14)15/h3-9H,1-2H3,(H,21,22). The van der Waals surface area contributed by atoms with Crippen LogP contribution in [-0.4, -0.2) is 20.5 Å². The number of aryl methyl sites for hydroxylation is 2. The molecule has 2 heterocycles. The molecule has 3 aromatic rings. The highest BCUT2D eigenvalue weighted by Gasteiger charge is 2.15. The number of hydrogen-bond donors (Lipinski definition) is 1. The second-order valence-electron chi connectivity index (χ2n) is 4.98. The second-order valence-corrected chi connectivity index (χ2v) is 4.98. The zero-order chi connectivity index (χ0) is 15.7. The van der Waals surface area contributed by atoms with Crippen LogP contribution in [0.5, 0.6) is 0 Å². The molecule has 0 aliphatic heterocycles. The number of aromatic carboxylic acids is 1. The summed E-state index contributed by atoms with van der Waals surface area (Å²) in [5.74, 6) is -0.490. The van der Waals surface area contributed by atoms with E-state index in [2.05, 4.69) is 15.2 Å². The van der Waals surface area contributed by atoms with Crippen molar-refractivity contribution in [2.75, 3.05) is 0 Å². The fraction of sp³-hybridized carbons (Fsp3) is 0.125. The Morgan fingerprint density at radius 1 is 1.14 bits per heavy atom. The van der Waals surface area contributed by atoms with E-state index in [1.807, 2.05) is 31.2 Å². The summed E-state index contributed by atoms with van der Waals surface area (Å²) in [6, 6.07) is 10.8. The highest BCUT2D eigenvalue weighted by atomic mass is 16.4. The topological polar surface area (TPSA) is 79.3 Å². The first-order valence-electron chi connectivity index (χ1n) is 6.75. The van der Waals surface area contributed by atoms with Crippen LogP contribution in [0.1, 0.15) is 21.6 Å². The van der Waals surface area contributed by atoms with Crippen molar-refractivity contribution in [1.82, 2.24) is 9.38 Å². The number of azo groups is 1. The Hall–Kier alpha value is -3.02. The molecule has 0 aliphatic carbocycles. The molecule has 0 spiro atoms. The minimum atomic E-state index is -1.02. The van der Waals surface area contributed by atoms with E-state index in [9.17, 15) is 9.90 Å². The van der Waals surface area contributed by atoms with Crippen molar-refractivity contribution in [2.24, 2.45) is 10.2 Å². The van der Waals surface area contributed by atoms with Crippen molar-refractivity contribution in [3.63, 3.8) is 0 Å². The van der Waals surface area contributed by atoms with E-state index < -0.39 is 5.97 Å². The average molecular weight is 294 g/mol. The van der Waals surface area contributed by atoms with E-state index in [4.69, 9.17) is 0 Å². The Bertz CT molecular complexity index is 879. The third-order valence-electron chi connectivity index (χ3n) is 3.32. The fourth-order valence-corrected chi connectivity index (χ4v) is 2.17. The molecule has 0 aliphatic rings. The lowest BCUT2D eigenvalue weighted by molar-refractivity contribution is 0.0698. The monoisotopic (exact) mass is 294 g/mol. The average Bonchev–Trinajstić information content (AvgIpc) is 2.82. The minimum absolute atomic E-state index is 0.141. The summed E-state index contributed by atoms with van der Waals surface area (Å²) in [5.41, 5.74) is 3.02. The zero-order valence-corrected chi connectivity index (χ0v) is 12.2. The molecule has 0 atom stereocenters. The van der Waals surface area contributed by atoms with Crippen LogP contribution >= 0.6 is 0 Å². The van der Waals surface area contributed by atoms with Crippen LogP contribution in [0.4, 0.5) is 11.5 Å². The maximum Gasteiger partial charge on any atom is 0.339 e. The quantitative estimate of drug-likeness (QED) is 0.739. The van der Waals surface area contributed by atoms with Crippen LogP contribution in [0.3, 0.4) is 0 Å². The number of aromatic nitrogens is 2. The number of pyridine rings is 1. The summed E-state index contributed by atoms with van der Waals surface area (Å²) >= 11 is 0. The highest BCUT2D eigenvalue weighted by Crippen LogP contribution is 2.25. The first-order valence-corrected chi connectivity index (χ1v) is 6.75. The van der Waals surface area contributed by atoms with Crippen molar-refractivity contribution in [2.45, 2.75) is 13.8 Å². The minimum Gasteiger partial charge on any atom is -0.478 e. The summed E-state index contributed by atoms with van der Waals surface area (Å²) in [6.07, 6.45) is 1.73. The molecular weight excluding hydrogens is 280 g/mol. The summed E-state index contributed by atoms with van der Waals surface area (Å²) in [5, 5.41) is 17.6. The number of fused-ring (bicyclic) bond motifs is 1. The first kappa shape index (κ1) is 13.9. The molecule has 0 saturated heterocycles. The van der Waals surface area contributed by atoms with Crippen LogP contribution < -0.4 is 0 Å². The molecule has 0 saturated carbocycles. The van der Waals surface area contributed by atoms with Crippen molar-refractivity contribution in [3.05, 3.63) is 59.4 Å². The largest absolute Gasteiger partial charge is 0.478 e. The van der Waals surface area contributed by atoms with Crippen LogP contribution in [0, 0.1) is 13.8 Å².